The number of methoxy groups -OCH3 is 2. The number of carbonyl (C=O) groups is 1. The molecule has 0 aromatic heterocycles. The number of hydrogen-bond acceptors (Lipinski definition) is 4. The quantitative estimate of drug-likeness (QED) is 0.134. The minimum absolute atomic E-state index is 0.0289. The number of rotatable bonds is 15. The van der Waals surface area contributed by atoms with Gasteiger partial charge in [0.15, 0.2) is 11.5 Å². The van der Waals surface area contributed by atoms with E-state index in [4.69, 9.17) is 9.47 Å². The maximum absolute atomic E-state index is 13.3. The van der Waals surface area contributed by atoms with Crippen molar-refractivity contribution in [1.82, 2.24) is 10.2 Å². The third-order valence-corrected chi connectivity index (χ3v) is 10.1. The number of carbonyl (C=O) groups excluding carboxylic acids is 1. The van der Waals surface area contributed by atoms with Gasteiger partial charge in [0.2, 0.25) is 5.91 Å². The summed E-state index contributed by atoms with van der Waals surface area (Å²) in [7, 11) is 3.39. The Morgan fingerprint density at radius 3 is 2.06 bits per heavy atom. The molecule has 0 radical (unpaired) electrons. The molecule has 248 valence electrons. The second-order valence-corrected chi connectivity index (χ2v) is 13.2. The van der Waals surface area contributed by atoms with Crippen LogP contribution >= 0.6 is 0 Å². The van der Waals surface area contributed by atoms with Crippen LogP contribution in [0.2, 0.25) is 0 Å². The Morgan fingerprint density at radius 1 is 0.851 bits per heavy atom. The van der Waals surface area contributed by atoms with Crippen LogP contribution in [0.4, 0.5) is 4.39 Å². The molecule has 47 heavy (non-hydrogen) atoms. The number of ether oxygens (including phenoxy) is 2. The van der Waals surface area contributed by atoms with Crippen LogP contribution in [0.15, 0.2) is 97.1 Å². The Bertz CT molecular complexity index is 1550. The van der Waals surface area contributed by atoms with Gasteiger partial charge < -0.3 is 14.8 Å². The van der Waals surface area contributed by atoms with Crippen molar-refractivity contribution in [2.24, 2.45) is 0 Å². The van der Waals surface area contributed by atoms with Gasteiger partial charge in [-0.1, -0.05) is 72.8 Å². The summed E-state index contributed by atoms with van der Waals surface area (Å²) in [6, 6.07) is 32.4. The lowest BCUT2D eigenvalue weighted by Gasteiger charge is -2.45. The summed E-state index contributed by atoms with van der Waals surface area (Å²) in [6.07, 6.45) is 5.76. The van der Waals surface area contributed by atoms with Crippen molar-refractivity contribution in [2.75, 3.05) is 33.9 Å². The summed E-state index contributed by atoms with van der Waals surface area (Å²) >= 11 is 0. The summed E-state index contributed by atoms with van der Waals surface area (Å²) in [5.74, 6) is 1.33. The first-order chi connectivity index (χ1) is 22.8. The number of aryl methyl sites for hydroxylation is 1. The summed E-state index contributed by atoms with van der Waals surface area (Å²) in [4.78, 5) is 15.3. The maximum Gasteiger partial charge on any atom is 0.220 e. The molecule has 0 saturated heterocycles. The molecule has 1 aliphatic rings. The second-order valence-electron chi connectivity index (χ2n) is 13.2. The van der Waals surface area contributed by atoms with Crippen LogP contribution in [-0.2, 0) is 28.6 Å². The summed E-state index contributed by atoms with van der Waals surface area (Å²) in [5.41, 5.74) is 5.89. The largest absolute Gasteiger partial charge is 0.493 e. The summed E-state index contributed by atoms with van der Waals surface area (Å²) < 4.78 is 24.5. The van der Waals surface area contributed by atoms with Crippen LogP contribution < -0.4 is 14.8 Å². The molecular weight excluding hydrogens is 587 g/mol. The molecule has 0 unspecified atom stereocenters. The lowest BCUT2D eigenvalue weighted by atomic mass is 9.68. The molecule has 0 spiro atoms. The molecular formula is C41H49FN2O3. The minimum Gasteiger partial charge on any atom is -0.493 e. The number of amides is 1. The molecule has 0 aliphatic carbocycles. The molecule has 1 aliphatic heterocycles. The zero-order valence-electron chi connectivity index (χ0n) is 28.4. The lowest BCUT2D eigenvalue weighted by Crippen LogP contribution is -2.47. The number of nitrogens with zero attached hydrogens (tertiary/aromatic N) is 1. The van der Waals surface area contributed by atoms with Crippen molar-refractivity contribution in [2.45, 2.75) is 69.7 Å². The van der Waals surface area contributed by atoms with E-state index in [-0.39, 0.29) is 22.7 Å². The van der Waals surface area contributed by atoms with E-state index in [1.54, 1.807) is 26.4 Å². The minimum atomic E-state index is -0.259. The van der Waals surface area contributed by atoms with Gasteiger partial charge in [-0.15, -0.1) is 0 Å². The Kier molecular flexibility index (Phi) is 11.4. The first-order valence-corrected chi connectivity index (χ1v) is 16.9. The van der Waals surface area contributed by atoms with Crippen molar-refractivity contribution in [1.29, 1.82) is 0 Å². The van der Waals surface area contributed by atoms with Gasteiger partial charge in [-0.2, -0.15) is 0 Å². The first-order valence-electron chi connectivity index (χ1n) is 16.9. The zero-order chi connectivity index (χ0) is 33.3. The van der Waals surface area contributed by atoms with Gasteiger partial charge in [0.25, 0.3) is 0 Å². The Hall–Kier alpha value is -4.16. The zero-order valence-corrected chi connectivity index (χ0v) is 28.4. The van der Waals surface area contributed by atoms with E-state index < -0.39 is 0 Å². The standard InChI is InChI=1S/C41H49FN2O3/c1-40(2)36-30-38(47-4)37(46-3)29-32(36)23-28-44(40)27-12-25-41(33-13-7-5-8-14-33,34-15-9-6-10-16-34)24-11-26-43-39(45)22-19-31-17-20-35(42)21-18-31/h5-10,13-18,20-21,29-30H,11-12,19,22-28H2,1-4H3,(H,43,45). The van der Waals surface area contributed by atoms with E-state index in [2.05, 4.69) is 96.9 Å². The van der Waals surface area contributed by atoms with Crippen LogP contribution in [0.5, 0.6) is 11.5 Å². The molecule has 4 aromatic carbocycles. The van der Waals surface area contributed by atoms with Crippen molar-refractivity contribution in [3.8, 4) is 11.5 Å². The van der Waals surface area contributed by atoms with Crippen molar-refractivity contribution < 1.29 is 18.7 Å². The van der Waals surface area contributed by atoms with Gasteiger partial charge in [-0.3, -0.25) is 9.69 Å². The molecule has 6 heteroatoms. The summed E-state index contributed by atoms with van der Waals surface area (Å²) in [6.45, 7) is 7.21. The SMILES string of the molecule is COc1cc2c(cc1OC)C(C)(C)N(CCCC(CCCNC(=O)CCc1ccc(F)cc1)(c1ccccc1)c1ccccc1)CC2. The van der Waals surface area contributed by atoms with Crippen molar-refractivity contribution in [3.05, 3.63) is 131 Å². The molecule has 0 atom stereocenters. The molecule has 0 bridgehead atoms. The van der Waals surface area contributed by atoms with Gasteiger partial charge in [0.1, 0.15) is 5.82 Å². The summed E-state index contributed by atoms with van der Waals surface area (Å²) in [5, 5.41) is 3.14. The van der Waals surface area contributed by atoms with Gasteiger partial charge in [-0.25, -0.2) is 4.39 Å². The molecule has 1 N–H and O–H groups in total. The molecule has 1 heterocycles. The fourth-order valence-corrected chi connectivity index (χ4v) is 7.36. The van der Waals surface area contributed by atoms with Crippen molar-refractivity contribution >= 4 is 5.91 Å². The van der Waals surface area contributed by atoms with E-state index in [0.717, 1.165) is 62.3 Å². The van der Waals surface area contributed by atoms with E-state index >= 15 is 0 Å². The van der Waals surface area contributed by atoms with Crippen LogP contribution in [-0.4, -0.2) is 44.7 Å². The van der Waals surface area contributed by atoms with Crippen LogP contribution in [0, 0.1) is 5.82 Å². The normalized spacial score (nSPS) is 14.3. The second kappa shape index (κ2) is 15.6. The third kappa shape index (κ3) is 8.05. The highest BCUT2D eigenvalue weighted by atomic mass is 19.1. The Morgan fingerprint density at radius 2 is 1.45 bits per heavy atom. The molecule has 0 fully saturated rings. The molecule has 4 aromatic rings. The average Bonchev–Trinajstić information content (AvgIpc) is 3.10. The van der Waals surface area contributed by atoms with Crippen LogP contribution in [0.25, 0.3) is 0 Å². The van der Waals surface area contributed by atoms with Gasteiger partial charge >= 0.3 is 0 Å². The van der Waals surface area contributed by atoms with Gasteiger partial charge in [0.05, 0.1) is 14.2 Å². The van der Waals surface area contributed by atoms with Crippen molar-refractivity contribution in [3.63, 3.8) is 0 Å². The van der Waals surface area contributed by atoms with E-state index in [9.17, 15) is 9.18 Å². The fraction of sp³-hybridized carbons (Fsp3) is 0.390. The van der Waals surface area contributed by atoms with E-state index in [1.165, 1.54) is 34.4 Å². The Labute approximate surface area is 280 Å². The Balaban J connectivity index is 1.29. The van der Waals surface area contributed by atoms with Crippen LogP contribution in [0.1, 0.15) is 73.8 Å². The highest BCUT2D eigenvalue weighted by Gasteiger charge is 2.37. The lowest BCUT2D eigenvalue weighted by molar-refractivity contribution is -0.121. The van der Waals surface area contributed by atoms with E-state index in [0.29, 0.717) is 19.4 Å². The number of nitrogens with one attached hydrogen (secondary N) is 1. The maximum atomic E-state index is 13.3. The highest BCUT2D eigenvalue weighted by molar-refractivity contribution is 5.76. The number of fused-ring (bicyclic) bond motifs is 1. The highest BCUT2D eigenvalue weighted by Crippen LogP contribution is 2.43. The average molecular weight is 637 g/mol. The van der Waals surface area contributed by atoms with Crippen LogP contribution in [0.3, 0.4) is 0 Å². The topological polar surface area (TPSA) is 50.8 Å². The molecule has 5 nitrogen and oxygen atoms in total. The predicted octanol–water partition coefficient (Wildman–Crippen LogP) is 8.23. The molecule has 5 rings (SSSR count). The first kappa shape index (κ1) is 34.2. The fourth-order valence-electron chi connectivity index (χ4n) is 7.36. The van der Waals surface area contributed by atoms with E-state index in [1.807, 2.05) is 0 Å². The predicted molar refractivity (Wildman–Crippen MR) is 188 cm³/mol. The molecule has 0 saturated carbocycles. The van der Waals surface area contributed by atoms with Gasteiger partial charge in [-0.05, 0) is 111 Å². The monoisotopic (exact) mass is 636 g/mol. The smallest absolute Gasteiger partial charge is 0.220 e. The van der Waals surface area contributed by atoms with Gasteiger partial charge in [0, 0.05) is 30.5 Å². The third-order valence-electron chi connectivity index (χ3n) is 10.1. The molecule has 1 amide bonds. The number of halogens is 1. The number of benzene rings is 4. The number of hydrogen-bond donors (Lipinski definition) is 1.